The third-order valence-electron chi connectivity index (χ3n) is 3.18. The highest BCUT2D eigenvalue weighted by Crippen LogP contribution is 2.28. The molecule has 1 heterocycles. The molecule has 7 heteroatoms. The minimum Gasteiger partial charge on any atom is -0.464 e. The molecule has 0 aliphatic carbocycles. The molecule has 0 radical (unpaired) electrons. The number of carbonyl (C=O) groups is 1. The number of carbonyl (C=O) groups excluding carboxylic acids is 1. The molecule has 1 atom stereocenters. The second-order valence-electron chi connectivity index (χ2n) is 4.33. The molecule has 7 nitrogen and oxygen atoms in total. The fraction of sp³-hybridized carbons (Fsp3) is 0.538. The highest BCUT2D eigenvalue weighted by Gasteiger charge is 2.25. The first-order valence-corrected chi connectivity index (χ1v) is 6.46. The van der Waals surface area contributed by atoms with E-state index < -0.39 is 10.9 Å². The van der Waals surface area contributed by atoms with E-state index in [1.165, 1.54) is 19.2 Å². The summed E-state index contributed by atoms with van der Waals surface area (Å²) in [5, 5.41) is 11.1. The highest BCUT2D eigenvalue weighted by atomic mass is 16.6. The Morgan fingerprint density at radius 2 is 2.15 bits per heavy atom. The maximum absolute atomic E-state index is 11.5. The van der Waals surface area contributed by atoms with Crippen LogP contribution < -0.4 is 4.90 Å². The Morgan fingerprint density at radius 1 is 1.50 bits per heavy atom. The van der Waals surface area contributed by atoms with Crippen LogP contribution in [0.5, 0.6) is 0 Å². The van der Waals surface area contributed by atoms with Crippen LogP contribution in [0.2, 0.25) is 0 Å². The molecular formula is C13H19N3O4. The lowest BCUT2D eigenvalue weighted by molar-refractivity contribution is -0.384. The van der Waals surface area contributed by atoms with Crippen molar-refractivity contribution in [1.82, 2.24) is 4.98 Å². The van der Waals surface area contributed by atoms with Gasteiger partial charge < -0.3 is 9.64 Å². The summed E-state index contributed by atoms with van der Waals surface area (Å²) in [6, 6.07) is 2.68. The number of nitro groups is 1. The second kappa shape index (κ2) is 6.83. The van der Waals surface area contributed by atoms with E-state index in [1.807, 2.05) is 25.7 Å². The van der Waals surface area contributed by atoms with E-state index in [9.17, 15) is 14.9 Å². The Bertz CT molecular complexity index is 504. The van der Waals surface area contributed by atoms with Crippen LogP contribution in [-0.2, 0) is 4.74 Å². The molecule has 0 aromatic carbocycles. The monoisotopic (exact) mass is 281 g/mol. The zero-order valence-electron chi connectivity index (χ0n) is 12.1. The molecule has 0 aliphatic heterocycles. The molecule has 0 spiro atoms. The van der Waals surface area contributed by atoms with Crippen molar-refractivity contribution in [3.05, 3.63) is 27.9 Å². The number of aromatic nitrogens is 1. The van der Waals surface area contributed by atoms with Gasteiger partial charge in [0.05, 0.1) is 12.0 Å². The van der Waals surface area contributed by atoms with E-state index in [-0.39, 0.29) is 23.2 Å². The molecule has 0 bridgehead atoms. The topological polar surface area (TPSA) is 85.6 Å². The van der Waals surface area contributed by atoms with Gasteiger partial charge in [-0.2, -0.15) is 0 Å². The number of anilines is 1. The summed E-state index contributed by atoms with van der Waals surface area (Å²) < 4.78 is 4.60. The van der Waals surface area contributed by atoms with Gasteiger partial charge in [0.15, 0.2) is 5.69 Å². The summed E-state index contributed by atoms with van der Waals surface area (Å²) in [6.07, 6.45) is 0.815. The molecule has 0 amide bonds. The van der Waals surface area contributed by atoms with Crippen LogP contribution in [0.1, 0.15) is 37.7 Å². The van der Waals surface area contributed by atoms with Crippen molar-refractivity contribution in [1.29, 1.82) is 0 Å². The van der Waals surface area contributed by atoms with Crippen LogP contribution >= 0.6 is 0 Å². The Kier molecular flexibility index (Phi) is 5.42. The predicted octanol–water partition coefficient (Wildman–Crippen LogP) is 2.40. The second-order valence-corrected chi connectivity index (χ2v) is 4.33. The van der Waals surface area contributed by atoms with Gasteiger partial charge in [0.2, 0.25) is 5.82 Å². The van der Waals surface area contributed by atoms with Crippen molar-refractivity contribution in [2.75, 3.05) is 18.6 Å². The van der Waals surface area contributed by atoms with E-state index in [0.29, 0.717) is 6.54 Å². The van der Waals surface area contributed by atoms with Crippen molar-refractivity contribution in [2.45, 2.75) is 33.2 Å². The zero-order chi connectivity index (χ0) is 15.3. The molecule has 1 aromatic rings. The van der Waals surface area contributed by atoms with Crippen LogP contribution in [-0.4, -0.2) is 35.6 Å². The average molecular weight is 281 g/mol. The standard InChI is InChI=1S/C13H19N3O4/c1-5-9(3)15(6-2)12-11(16(18)19)8-7-10(14-12)13(17)20-4/h7-9H,5-6H2,1-4H3. The normalized spacial score (nSPS) is 11.8. The largest absolute Gasteiger partial charge is 0.464 e. The fourth-order valence-electron chi connectivity index (χ4n) is 1.90. The van der Waals surface area contributed by atoms with Gasteiger partial charge in [-0.25, -0.2) is 9.78 Å². The molecule has 0 aliphatic rings. The van der Waals surface area contributed by atoms with Gasteiger partial charge >= 0.3 is 11.7 Å². The number of methoxy groups -OCH3 is 1. The lowest BCUT2D eigenvalue weighted by atomic mass is 10.2. The minimum absolute atomic E-state index is 0.0647. The van der Waals surface area contributed by atoms with Crippen molar-refractivity contribution in [3.8, 4) is 0 Å². The fourth-order valence-corrected chi connectivity index (χ4v) is 1.90. The molecular weight excluding hydrogens is 262 g/mol. The zero-order valence-corrected chi connectivity index (χ0v) is 12.1. The molecule has 0 saturated carbocycles. The first kappa shape index (κ1) is 15.9. The first-order valence-electron chi connectivity index (χ1n) is 6.46. The van der Waals surface area contributed by atoms with E-state index in [4.69, 9.17) is 0 Å². The molecule has 0 fully saturated rings. The molecule has 0 saturated heterocycles. The first-order chi connectivity index (χ1) is 9.46. The maximum atomic E-state index is 11.5. The Labute approximate surface area is 117 Å². The summed E-state index contributed by atoms with van der Waals surface area (Å²) in [5.74, 6) is -0.406. The van der Waals surface area contributed by atoms with Crippen LogP contribution in [0, 0.1) is 10.1 Å². The Balaban J connectivity index is 3.37. The molecule has 1 unspecified atom stereocenters. The summed E-state index contributed by atoms with van der Waals surface area (Å²) in [5.41, 5.74) is -0.0466. The number of rotatable bonds is 6. The van der Waals surface area contributed by atoms with Crippen molar-refractivity contribution < 1.29 is 14.5 Å². The summed E-state index contributed by atoms with van der Waals surface area (Å²) in [6.45, 7) is 6.40. The van der Waals surface area contributed by atoms with E-state index in [0.717, 1.165) is 6.42 Å². The van der Waals surface area contributed by atoms with Gasteiger partial charge in [-0.15, -0.1) is 0 Å². The lowest BCUT2D eigenvalue weighted by Gasteiger charge is -2.28. The molecule has 1 rings (SSSR count). The third kappa shape index (κ3) is 3.23. The quantitative estimate of drug-likeness (QED) is 0.452. The number of pyridine rings is 1. The Hall–Kier alpha value is -2.18. The number of nitrogens with zero attached hydrogens (tertiary/aromatic N) is 3. The molecule has 0 N–H and O–H groups in total. The summed E-state index contributed by atoms with van der Waals surface area (Å²) in [7, 11) is 1.25. The van der Waals surface area contributed by atoms with Crippen molar-refractivity contribution in [2.24, 2.45) is 0 Å². The molecule has 110 valence electrons. The van der Waals surface area contributed by atoms with E-state index >= 15 is 0 Å². The van der Waals surface area contributed by atoms with Crippen LogP contribution in [0.15, 0.2) is 12.1 Å². The third-order valence-corrected chi connectivity index (χ3v) is 3.18. The van der Waals surface area contributed by atoms with Crippen LogP contribution in [0.25, 0.3) is 0 Å². The number of hydrogen-bond donors (Lipinski definition) is 0. The number of esters is 1. The molecule has 1 aromatic heterocycles. The predicted molar refractivity (Wildman–Crippen MR) is 75.0 cm³/mol. The SMILES string of the molecule is CCC(C)N(CC)c1nc(C(=O)OC)ccc1[N+](=O)[O-]. The van der Waals surface area contributed by atoms with Gasteiger partial charge in [-0.1, -0.05) is 6.92 Å². The van der Waals surface area contributed by atoms with Gasteiger partial charge in [0, 0.05) is 18.7 Å². The smallest absolute Gasteiger partial charge is 0.356 e. The minimum atomic E-state index is -0.610. The van der Waals surface area contributed by atoms with Gasteiger partial charge in [0.1, 0.15) is 0 Å². The van der Waals surface area contributed by atoms with Crippen molar-refractivity contribution >= 4 is 17.5 Å². The van der Waals surface area contributed by atoms with E-state index in [1.54, 1.807) is 0 Å². The van der Waals surface area contributed by atoms with Crippen LogP contribution in [0.3, 0.4) is 0 Å². The summed E-state index contributed by atoms with van der Waals surface area (Å²) >= 11 is 0. The van der Waals surface area contributed by atoms with Crippen LogP contribution in [0.4, 0.5) is 11.5 Å². The summed E-state index contributed by atoms with van der Waals surface area (Å²) in [4.78, 5) is 28.1. The van der Waals surface area contributed by atoms with Gasteiger partial charge in [0.25, 0.3) is 0 Å². The van der Waals surface area contributed by atoms with E-state index in [2.05, 4.69) is 9.72 Å². The lowest BCUT2D eigenvalue weighted by Crippen LogP contribution is -2.34. The maximum Gasteiger partial charge on any atom is 0.356 e. The number of ether oxygens (including phenoxy) is 1. The van der Waals surface area contributed by atoms with Gasteiger partial charge in [-0.05, 0) is 26.3 Å². The number of hydrogen-bond acceptors (Lipinski definition) is 6. The molecule has 20 heavy (non-hydrogen) atoms. The average Bonchev–Trinajstić information content (AvgIpc) is 2.46. The Morgan fingerprint density at radius 3 is 2.60 bits per heavy atom. The van der Waals surface area contributed by atoms with Crippen molar-refractivity contribution in [3.63, 3.8) is 0 Å². The van der Waals surface area contributed by atoms with Gasteiger partial charge in [-0.3, -0.25) is 10.1 Å². The highest BCUT2D eigenvalue weighted by molar-refractivity contribution is 5.88.